The van der Waals surface area contributed by atoms with Gasteiger partial charge in [-0.2, -0.15) is 0 Å². The number of rotatable bonds is 4. The summed E-state index contributed by atoms with van der Waals surface area (Å²) in [7, 11) is 0. The second-order valence-electron chi connectivity index (χ2n) is 4.94. The molecular weight excluding hydrogens is 407 g/mol. The van der Waals surface area contributed by atoms with Crippen LogP contribution in [0.2, 0.25) is 10.0 Å². The van der Waals surface area contributed by atoms with Crippen LogP contribution in [-0.4, -0.2) is 21.0 Å². The number of amides is 2. The van der Waals surface area contributed by atoms with Crippen molar-refractivity contribution < 1.29 is 14.5 Å². The Kier molecular flexibility index (Phi) is 5.14. The molecule has 2 amide bonds. The van der Waals surface area contributed by atoms with Crippen LogP contribution in [0.4, 0.5) is 9.80 Å². The zero-order valence-corrected chi connectivity index (χ0v) is 15.4. The molecule has 25 heavy (non-hydrogen) atoms. The molecule has 0 bridgehead atoms. The molecule has 128 valence electrons. The molecule has 0 radical (unpaired) electrons. The van der Waals surface area contributed by atoms with Crippen LogP contribution in [0, 0.1) is 10.1 Å². The Bertz CT molecular complexity index is 926. The lowest BCUT2D eigenvalue weighted by molar-refractivity contribution is -0.380. The summed E-state index contributed by atoms with van der Waals surface area (Å²) >= 11 is 13.6. The van der Waals surface area contributed by atoms with E-state index in [1.54, 1.807) is 12.1 Å². The first kappa shape index (κ1) is 17.9. The number of nitro groups is 1. The zero-order valence-electron chi connectivity index (χ0n) is 12.3. The van der Waals surface area contributed by atoms with E-state index in [1.807, 2.05) is 0 Å². The van der Waals surface area contributed by atoms with Crippen molar-refractivity contribution in [2.45, 2.75) is 6.54 Å². The van der Waals surface area contributed by atoms with E-state index in [4.69, 9.17) is 23.2 Å². The Hall–Kier alpha value is -1.87. The molecule has 1 aromatic carbocycles. The van der Waals surface area contributed by atoms with E-state index in [9.17, 15) is 19.7 Å². The highest BCUT2D eigenvalue weighted by atomic mass is 35.5. The molecule has 0 spiro atoms. The van der Waals surface area contributed by atoms with E-state index in [0.29, 0.717) is 20.5 Å². The first-order valence-corrected chi connectivity index (χ1v) is 9.17. The van der Waals surface area contributed by atoms with Gasteiger partial charge in [-0.15, -0.1) is 0 Å². The molecule has 2 heterocycles. The highest BCUT2D eigenvalue weighted by Crippen LogP contribution is 2.36. The van der Waals surface area contributed by atoms with Crippen LogP contribution in [0.5, 0.6) is 0 Å². The topological polar surface area (TPSA) is 80.5 Å². The summed E-state index contributed by atoms with van der Waals surface area (Å²) in [6, 6.07) is 7.71. The third-order valence-electron chi connectivity index (χ3n) is 3.28. The molecule has 1 aliphatic heterocycles. The maximum atomic E-state index is 12.5. The number of benzene rings is 1. The average molecular weight is 415 g/mol. The first-order chi connectivity index (χ1) is 11.8. The second-order valence-corrected chi connectivity index (χ2v) is 7.87. The Balaban J connectivity index is 1.81. The molecule has 0 saturated carbocycles. The highest BCUT2D eigenvalue weighted by Gasteiger charge is 2.35. The Morgan fingerprint density at radius 3 is 2.60 bits per heavy atom. The van der Waals surface area contributed by atoms with E-state index >= 15 is 0 Å². The Morgan fingerprint density at radius 2 is 1.96 bits per heavy atom. The third kappa shape index (κ3) is 3.87. The summed E-state index contributed by atoms with van der Waals surface area (Å²) in [4.78, 5) is 36.6. The van der Waals surface area contributed by atoms with Crippen LogP contribution < -0.4 is 0 Å². The van der Waals surface area contributed by atoms with Gasteiger partial charge < -0.3 is 0 Å². The lowest BCUT2D eigenvalue weighted by atomic mass is 10.2. The Labute approximate surface area is 160 Å². The van der Waals surface area contributed by atoms with Crippen molar-refractivity contribution in [1.29, 1.82) is 0 Å². The zero-order chi connectivity index (χ0) is 18.1. The smallest absolute Gasteiger partial charge is 0.268 e. The number of thioether (sulfide) groups is 1. The molecule has 1 aliphatic rings. The lowest BCUT2D eigenvalue weighted by Gasteiger charge is -2.13. The molecule has 1 saturated heterocycles. The van der Waals surface area contributed by atoms with Gasteiger partial charge in [-0.25, -0.2) is 0 Å². The summed E-state index contributed by atoms with van der Waals surface area (Å²) < 4.78 is 0. The van der Waals surface area contributed by atoms with Gasteiger partial charge in [0.05, 0.1) is 16.4 Å². The van der Waals surface area contributed by atoms with Crippen molar-refractivity contribution in [1.82, 2.24) is 4.90 Å². The SMILES string of the molecule is O=C1S/C(=C\c2ccc([N+](=O)[O-])s2)C(=O)N1Cc1ccc(Cl)cc1Cl. The van der Waals surface area contributed by atoms with Crippen LogP contribution in [0.25, 0.3) is 6.08 Å². The number of carbonyl (C=O) groups excluding carboxylic acids is 2. The minimum absolute atomic E-state index is 0.0292. The quantitative estimate of drug-likeness (QED) is 0.390. The van der Waals surface area contributed by atoms with Crippen LogP contribution in [0.3, 0.4) is 0 Å². The molecule has 0 aliphatic carbocycles. The summed E-state index contributed by atoms with van der Waals surface area (Å²) in [5.41, 5.74) is 0.598. The van der Waals surface area contributed by atoms with Crippen LogP contribution in [0.15, 0.2) is 35.2 Å². The molecule has 3 rings (SSSR count). The van der Waals surface area contributed by atoms with Crippen molar-refractivity contribution in [3.8, 4) is 0 Å². The van der Waals surface area contributed by atoms with Crippen molar-refractivity contribution in [2.75, 3.05) is 0 Å². The van der Waals surface area contributed by atoms with Gasteiger partial charge in [0.15, 0.2) is 0 Å². The number of imide groups is 1. The van der Waals surface area contributed by atoms with Gasteiger partial charge in [-0.1, -0.05) is 40.6 Å². The van der Waals surface area contributed by atoms with Crippen LogP contribution >= 0.6 is 46.3 Å². The molecule has 10 heteroatoms. The van der Waals surface area contributed by atoms with Crippen molar-refractivity contribution in [3.63, 3.8) is 0 Å². The van der Waals surface area contributed by atoms with Gasteiger partial charge in [0.2, 0.25) is 0 Å². The predicted molar refractivity (Wildman–Crippen MR) is 98.9 cm³/mol. The minimum atomic E-state index is -0.504. The van der Waals surface area contributed by atoms with Gasteiger partial charge >= 0.3 is 5.00 Å². The van der Waals surface area contributed by atoms with Crippen molar-refractivity contribution in [3.05, 3.63) is 65.8 Å². The van der Waals surface area contributed by atoms with Crippen LogP contribution in [0.1, 0.15) is 10.4 Å². The number of hydrogen-bond donors (Lipinski definition) is 0. The molecule has 2 aromatic rings. The standard InChI is InChI=1S/C15H8Cl2N2O4S2/c16-9-2-1-8(11(17)5-9)7-18-14(20)12(25-15(18)21)6-10-3-4-13(24-10)19(22)23/h1-6H,7H2/b12-6-. The second kappa shape index (κ2) is 7.17. The molecule has 6 nitrogen and oxygen atoms in total. The lowest BCUT2D eigenvalue weighted by Crippen LogP contribution is -2.27. The van der Waals surface area contributed by atoms with E-state index in [1.165, 1.54) is 24.3 Å². The van der Waals surface area contributed by atoms with Gasteiger partial charge in [0.25, 0.3) is 11.1 Å². The van der Waals surface area contributed by atoms with E-state index < -0.39 is 16.1 Å². The predicted octanol–water partition coefficient (Wildman–Crippen LogP) is 5.20. The van der Waals surface area contributed by atoms with Gasteiger partial charge in [-0.05, 0) is 41.6 Å². The molecule has 1 fully saturated rings. The van der Waals surface area contributed by atoms with E-state index in [2.05, 4.69) is 0 Å². The molecule has 0 unspecified atom stereocenters. The largest absolute Gasteiger partial charge is 0.324 e. The van der Waals surface area contributed by atoms with Gasteiger partial charge in [0.1, 0.15) is 0 Å². The molecular formula is C15H8Cl2N2O4S2. The van der Waals surface area contributed by atoms with Crippen molar-refractivity contribution >= 4 is 68.5 Å². The maximum absolute atomic E-state index is 12.5. The number of thiophene rings is 1. The third-order valence-corrected chi connectivity index (χ3v) is 5.76. The summed E-state index contributed by atoms with van der Waals surface area (Å²) in [5.74, 6) is -0.461. The number of hydrogen-bond acceptors (Lipinski definition) is 6. The van der Waals surface area contributed by atoms with Gasteiger partial charge in [0, 0.05) is 21.0 Å². The molecule has 0 N–H and O–H groups in total. The number of halogens is 2. The van der Waals surface area contributed by atoms with Gasteiger partial charge in [-0.3, -0.25) is 24.6 Å². The summed E-state index contributed by atoms with van der Waals surface area (Å²) in [6.45, 7) is 0.0304. The fourth-order valence-corrected chi connectivity index (χ4v) is 4.24. The monoisotopic (exact) mass is 414 g/mol. The van der Waals surface area contributed by atoms with E-state index in [0.717, 1.165) is 28.0 Å². The fourth-order valence-electron chi connectivity index (χ4n) is 2.10. The maximum Gasteiger partial charge on any atom is 0.324 e. The van der Waals surface area contributed by atoms with Crippen LogP contribution in [-0.2, 0) is 11.3 Å². The number of carbonyl (C=O) groups is 2. The normalized spacial score (nSPS) is 16.1. The summed E-state index contributed by atoms with van der Waals surface area (Å²) in [6.07, 6.45) is 1.48. The number of nitrogens with zero attached hydrogens (tertiary/aromatic N) is 2. The fraction of sp³-hybridized carbons (Fsp3) is 0.0667. The van der Waals surface area contributed by atoms with E-state index in [-0.39, 0.29) is 16.5 Å². The van der Waals surface area contributed by atoms with Crippen molar-refractivity contribution in [2.24, 2.45) is 0 Å². The Morgan fingerprint density at radius 1 is 1.20 bits per heavy atom. The summed E-state index contributed by atoms with van der Waals surface area (Å²) in [5, 5.41) is 11.1. The first-order valence-electron chi connectivity index (χ1n) is 6.78. The highest BCUT2D eigenvalue weighted by molar-refractivity contribution is 8.18. The minimum Gasteiger partial charge on any atom is -0.268 e. The average Bonchev–Trinajstić information content (AvgIpc) is 3.10. The molecule has 1 aromatic heterocycles. The molecule has 0 atom stereocenters.